The van der Waals surface area contributed by atoms with Crippen molar-refractivity contribution in [2.45, 2.75) is 13.1 Å². The third-order valence-corrected chi connectivity index (χ3v) is 2.65. The first-order valence-corrected chi connectivity index (χ1v) is 5.84. The lowest BCUT2D eigenvalue weighted by Crippen LogP contribution is -2.16. The molecule has 2 rings (SSSR count). The number of carbonyl (C=O) groups is 1. The second-order valence-electron chi connectivity index (χ2n) is 4.32. The Kier molecular flexibility index (Phi) is 3.79. The molecule has 3 N–H and O–H groups in total. The number of halogens is 3. The zero-order valence-electron chi connectivity index (χ0n) is 10.9. The number of alkyl halides is 3. The molecule has 0 aromatic carbocycles. The number of nitrogens with one attached hydrogen (secondary N) is 1. The molecule has 0 spiro atoms. The zero-order valence-corrected chi connectivity index (χ0v) is 10.9. The van der Waals surface area contributed by atoms with Crippen LogP contribution in [0, 0.1) is 6.92 Å². The maximum absolute atomic E-state index is 12.4. The van der Waals surface area contributed by atoms with Crippen LogP contribution in [0.25, 0.3) is 0 Å². The van der Waals surface area contributed by atoms with Crippen LogP contribution >= 0.6 is 0 Å². The summed E-state index contributed by atoms with van der Waals surface area (Å²) in [5, 5.41) is 2.46. The molecule has 0 aliphatic carbocycles. The van der Waals surface area contributed by atoms with Gasteiger partial charge in [0, 0.05) is 6.20 Å². The standard InChI is InChI=1S/C13H11F3N4O/c1-7-4-9(17)6-19-11(7)20-12(21)10-3-2-8(5-18-10)13(14,15)16/h2-6H,17H2,1H3,(H,19,20,21). The van der Waals surface area contributed by atoms with E-state index in [9.17, 15) is 18.0 Å². The van der Waals surface area contributed by atoms with Crippen molar-refractivity contribution in [1.29, 1.82) is 0 Å². The molecule has 0 radical (unpaired) electrons. The van der Waals surface area contributed by atoms with Crippen molar-refractivity contribution in [2.75, 3.05) is 11.1 Å². The fraction of sp³-hybridized carbons (Fsp3) is 0.154. The number of anilines is 2. The van der Waals surface area contributed by atoms with Crippen LogP contribution in [0.5, 0.6) is 0 Å². The van der Waals surface area contributed by atoms with Gasteiger partial charge in [0.05, 0.1) is 17.4 Å². The molecule has 2 aromatic heterocycles. The molecule has 0 aliphatic rings. The van der Waals surface area contributed by atoms with E-state index in [4.69, 9.17) is 5.73 Å². The quantitative estimate of drug-likeness (QED) is 0.892. The molecule has 110 valence electrons. The van der Waals surface area contributed by atoms with E-state index in [1.165, 1.54) is 6.20 Å². The molecule has 2 aromatic rings. The number of pyridine rings is 2. The Hall–Kier alpha value is -2.64. The maximum Gasteiger partial charge on any atom is 0.417 e. The van der Waals surface area contributed by atoms with Crippen molar-refractivity contribution in [2.24, 2.45) is 0 Å². The highest BCUT2D eigenvalue weighted by atomic mass is 19.4. The lowest BCUT2D eigenvalue weighted by Gasteiger charge is -2.09. The number of aryl methyl sites for hydroxylation is 1. The Bertz CT molecular complexity index is 668. The van der Waals surface area contributed by atoms with Crippen LogP contribution in [-0.2, 0) is 6.18 Å². The predicted molar refractivity (Wildman–Crippen MR) is 70.6 cm³/mol. The first-order valence-electron chi connectivity index (χ1n) is 5.84. The van der Waals surface area contributed by atoms with Crippen LogP contribution in [0.2, 0.25) is 0 Å². The van der Waals surface area contributed by atoms with Crippen LogP contribution in [0.15, 0.2) is 30.6 Å². The molecule has 0 aliphatic heterocycles. The first kappa shape index (κ1) is 14.8. The van der Waals surface area contributed by atoms with Crippen molar-refractivity contribution >= 4 is 17.4 Å². The molecular formula is C13H11F3N4O. The Balaban J connectivity index is 2.17. The van der Waals surface area contributed by atoms with Crippen molar-refractivity contribution < 1.29 is 18.0 Å². The largest absolute Gasteiger partial charge is 0.417 e. The van der Waals surface area contributed by atoms with Crippen molar-refractivity contribution in [3.63, 3.8) is 0 Å². The molecule has 0 atom stereocenters. The van der Waals surface area contributed by atoms with E-state index in [0.29, 0.717) is 17.4 Å². The van der Waals surface area contributed by atoms with Gasteiger partial charge in [-0.25, -0.2) is 4.98 Å². The lowest BCUT2D eigenvalue weighted by molar-refractivity contribution is -0.137. The van der Waals surface area contributed by atoms with Crippen LogP contribution in [-0.4, -0.2) is 15.9 Å². The molecule has 5 nitrogen and oxygen atoms in total. The first-order chi connectivity index (χ1) is 9.77. The number of carbonyl (C=O) groups excluding carboxylic acids is 1. The summed E-state index contributed by atoms with van der Waals surface area (Å²) in [5.74, 6) is -0.375. The average Bonchev–Trinajstić information content (AvgIpc) is 2.41. The van der Waals surface area contributed by atoms with Gasteiger partial charge < -0.3 is 11.1 Å². The Labute approximate surface area is 118 Å². The predicted octanol–water partition coefficient (Wildman–Crippen LogP) is 2.64. The van der Waals surface area contributed by atoms with Crippen molar-refractivity contribution in [1.82, 2.24) is 9.97 Å². The zero-order chi connectivity index (χ0) is 15.6. The SMILES string of the molecule is Cc1cc(N)cnc1NC(=O)c1ccc(C(F)(F)F)cn1. The number of nitrogens with two attached hydrogens (primary N) is 1. The van der Waals surface area contributed by atoms with E-state index in [2.05, 4.69) is 15.3 Å². The van der Waals surface area contributed by atoms with Gasteiger partial charge >= 0.3 is 6.18 Å². The number of hydrogen-bond donors (Lipinski definition) is 2. The summed E-state index contributed by atoms with van der Waals surface area (Å²) in [5.41, 5.74) is 5.56. The minimum Gasteiger partial charge on any atom is -0.397 e. The average molecular weight is 296 g/mol. The Morgan fingerprint density at radius 2 is 1.95 bits per heavy atom. The number of hydrogen-bond acceptors (Lipinski definition) is 4. The third kappa shape index (κ3) is 3.47. The van der Waals surface area contributed by atoms with Crippen molar-refractivity contribution in [3.05, 3.63) is 47.4 Å². The van der Waals surface area contributed by atoms with Gasteiger partial charge in [0.15, 0.2) is 0 Å². The van der Waals surface area contributed by atoms with Gasteiger partial charge in [-0.3, -0.25) is 9.78 Å². The summed E-state index contributed by atoms with van der Waals surface area (Å²) in [7, 11) is 0. The molecule has 0 fully saturated rings. The summed E-state index contributed by atoms with van der Waals surface area (Å²) >= 11 is 0. The Morgan fingerprint density at radius 1 is 1.24 bits per heavy atom. The summed E-state index contributed by atoms with van der Waals surface area (Å²) < 4.78 is 37.2. The van der Waals surface area contributed by atoms with E-state index < -0.39 is 17.6 Å². The van der Waals surface area contributed by atoms with Crippen LogP contribution in [0.1, 0.15) is 21.6 Å². The Morgan fingerprint density at radius 3 is 2.48 bits per heavy atom. The van der Waals surface area contributed by atoms with Gasteiger partial charge in [-0.1, -0.05) is 0 Å². The monoisotopic (exact) mass is 296 g/mol. The van der Waals surface area contributed by atoms with Crippen LogP contribution < -0.4 is 11.1 Å². The molecular weight excluding hydrogens is 285 g/mol. The third-order valence-electron chi connectivity index (χ3n) is 2.65. The minimum atomic E-state index is -4.49. The maximum atomic E-state index is 12.4. The second kappa shape index (κ2) is 5.39. The van der Waals surface area contributed by atoms with Crippen LogP contribution in [0.4, 0.5) is 24.7 Å². The summed E-state index contributed by atoms with van der Waals surface area (Å²) in [6.45, 7) is 1.69. The molecule has 0 saturated heterocycles. The number of nitrogens with zero attached hydrogens (tertiary/aromatic N) is 2. The lowest BCUT2D eigenvalue weighted by atomic mass is 10.2. The fourth-order valence-corrected chi connectivity index (χ4v) is 1.59. The molecule has 0 bridgehead atoms. The molecule has 21 heavy (non-hydrogen) atoms. The number of rotatable bonds is 2. The topological polar surface area (TPSA) is 80.9 Å². The van der Waals surface area contributed by atoms with Gasteiger partial charge in [0.2, 0.25) is 0 Å². The van der Waals surface area contributed by atoms with Gasteiger partial charge in [0.1, 0.15) is 11.5 Å². The second-order valence-corrected chi connectivity index (χ2v) is 4.32. The molecule has 1 amide bonds. The fourth-order valence-electron chi connectivity index (χ4n) is 1.59. The van der Waals surface area contributed by atoms with Crippen molar-refractivity contribution in [3.8, 4) is 0 Å². The molecule has 8 heteroatoms. The smallest absolute Gasteiger partial charge is 0.397 e. The number of nitrogen functional groups attached to an aromatic ring is 1. The van der Waals surface area contributed by atoms with E-state index in [1.54, 1.807) is 13.0 Å². The summed E-state index contributed by atoms with van der Waals surface area (Å²) in [6.07, 6.45) is -2.52. The van der Waals surface area contributed by atoms with Gasteiger partial charge in [-0.05, 0) is 30.7 Å². The van der Waals surface area contributed by atoms with E-state index >= 15 is 0 Å². The number of aromatic nitrogens is 2. The summed E-state index contributed by atoms with van der Waals surface area (Å²) in [4.78, 5) is 19.3. The molecule has 0 saturated carbocycles. The normalized spacial score (nSPS) is 11.2. The molecule has 2 heterocycles. The highest BCUT2D eigenvalue weighted by molar-refractivity contribution is 6.02. The van der Waals surface area contributed by atoms with Crippen LogP contribution in [0.3, 0.4) is 0 Å². The molecule has 0 unspecified atom stereocenters. The van der Waals surface area contributed by atoms with E-state index in [1.807, 2.05) is 0 Å². The van der Waals surface area contributed by atoms with E-state index in [0.717, 1.165) is 12.1 Å². The van der Waals surface area contributed by atoms with E-state index in [-0.39, 0.29) is 11.5 Å². The van der Waals surface area contributed by atoms with Gasteiger partial charge in [0.25, 0.3) is 5.91 Å². The number of amides is 1. The van der Waals surface area contributed by atoms with Gasteiger partial charge in [-0.2, -0.15) is 13.2 Å². The highest BCUT2D eigenvalue weighted by Crippen LogP contribution is 2.28. The highest BCUT2D eigenvalue weighted by Gasteiger charge is 2.30. The van der Waals surface area contributed by atoms with Gasteiger partial charge in [-0.15, -0.1) is 0 Å². The summed E-state index contributed by atoms with van der Waals surface area (Å²) in [6, 6.07) is 3.42. The minimum absolute atomic E-state index is 0.138.